The maximum Gasteiger partial charge on any atom is 0.401 e. The summed E-state index contributed by atoms with van der Waals surface area (Å²) in [5.74, 6) is -12.6. The third-order valence-corrected chi connectivity index (χ3v) is 19.1. The molecular weight excluding hydrogens is 1300 g/mol. The standard InChI is InChI=1S/C70H122F3N13O14/c1-25-27-28-44(13)58(88)57-62(92)76-49(26-2)65(95)78(18)48(17)64(94)83(23)56(45(14)36-100-37-53(87)86-31-29-85(30-32-86)38-70(71,72)73)61(91)77-54(42(9)10)68(98)79(19)50(33-39(3)4)60(90)74-46(15)59(89)75-47(16)63(93)80(20)51(34-40(5)6)66(96)81(21)52(35-41(7)8)67(97)82(22)55(43(11)12)69(99)84(57)24/h25,27,39-52,54-58,88H,26,28-38H2,1-24H3,(H,74,90)(H,75,89)(H,76,92)(H,77,91). The SMILES string of the molecule is CC=CCC(C)C(O)C1C(=O)NC(CC)C(=O)N(C)C(C)C(=O)N(C)C(C(C)COCC(=O)N2CCN(CC(F)(F)F)CC2)C(=O)NC(C(C)C)C(=O)N(C)C(CC(C)C)C(=O)NC(C)C(=O)NC(C)C(=O)N(C)C(CC(C)C)C(=O)N(C)C(CC(C)C)C(=O)N(C)C(C(C)C)C(=O)N1C. The van der Waals surface area contributed by atoms with Gasteiger partial charge in [-0.15, -0.1) is 0 Å². The van der Waals surface area contributed by atoms with E-state index in [4.69, 9.17) is 4.74 Å². The minimum absolute atomic E-state index is 0.00821. The molecule has 30 heteroatoms. The van der Waals surface area contributed by atoms with Crippen LogP contribution in [0.15, 0.2) is 12.2 Å². The van der Waals surface area contributed by atoms with Crippen molar-refractivity contribution in [1.82, 2.24) is 65.4 Å². The number of hydrogen-bond donors (Lipinski definition) is 5. The highest BCUT2D eigenvalue weighted by Crippen LogP contribution is 2.27. The molecule has 14 atom stereocenters. The molecule has 0 aromatic rings. The summed E-state index contributed by atoms with van der Waals surface area (Å²) in [7, 11) is 9.52. The molecule has 2 saturated heterocycles. The van der Waals surface area contributed by atoms with Crippen LogP contribution in [0.1, 0.15) is 150 Å². The van der Waals surface area contributed by atoms with Crippen LogP contribution >= 0.6 is 0 Å². The number of halogens is 3. The van der Waals surface area contributed by atoms with Crippen molar-refractivity contribution in [1.29, 1.82) is 0 Å². The zero-order valence-electron chi connectivity index (χ0n) is 64.0. The van der Waals surface area contributed by atoms with Gasteiger partial charge >= 0.3 is 6.18 Å². The maximum absolute atomic E-state index is 15.3. The predicted octanol–water partition coefficient (Wildman–Crippen LogP) is 2.97. The number of alkyl halides is 3. The normalized spacial score (nSPS) is 27.0. The Kier molecular flexibility index (Phi) is 35.7. The average Bonchev–Trinajstić information content (AvgIpc) is 0.801. The highest BCUT2D eigenvalue weighted by molar-refractivity contribution is 6.00. The summed E-state index contributed by atoms with van der Waals surface area (Å²) < 4.78 is 45.4. The van der Waals surface area contributed by atoms with Crippen molar-refractivity contribution in [2.45, 2.75) is 229 Å². The first-order valence-electron chi connectivity index (χ1n) is 35.2. The third-order valence-electron chi connectivity index (χ3n) is 19.1. The van der Waals surface area contributed by atoms with E-state index in [-0.39, 0.29) is 82.6 Å². The number of nitrogens with one attached hydrogen (secondary N) is 4. The fraction of sp³-hybridized carbons (Fsp3) is 0.800. The van der Waals surface area contributed by atoms with Crippen molar-refractivity contribution >= 4 is 70.9 Å². The van der Waals surface area contributed by atoms with Crippen molar-refractivity contribution in [3.8, 4) is 0 Å². The molecule has 27 nitrogen and oxygen atoms in total. The summed E-state index contributed by atoms with van der Waals surface area (Å²) in [4.78, 5) is 187. The Labute approximate surface area is 592 Å². The van der Waals surface area contributed by atoms with Gasteiger partial charge in [-0.3, -0.25) is 62.4 Å². The lowest BCUT2D eigenvalue weighted by atomic mass is 9.91. The van der Waals surface area contributed by atoms with Crippen LogP contribution < -0.4 is 21.3 Å². The number of likely N-dealkylation sites (N-methyl/N-ethyl adjacent to an activating group) is 7. The van der Waals surface area contributed by atoms with Crippen LogP contribution in [0.5, 0.6) is 0 Å². The number of nitrogens with zero attached hydrogens (tertiary/aromatic N) is 9. The number of amides is 12. The first-order chi connectivity index (χ1) is 46.2. The highest BCUT2D eigenvalue weighted by atomic mass is 19.4. The lowest BCUT2D eigenvalue weighted by molar-refractivity contribution is -0.157. The number of ether oxygens (including phenoxy) is 1. The van der Waals surface area contributed by atoms with Gasteiger partial charge in [0, 0.05) is 81.4 Å². The second kappa shape index (κ2) is 40.0. The molecule has 2 fully saturated rings. The molecule has 0 radical (unpaired) electrons. The van der Waals surface area contributed by atoms with Crippen LogP contribution in [-0.4, -0.2) is 294 Å². The monoisotopic (exact) mass is 1430 g/mol. The molecule has 100 heavy (non-hydrogen) atoms. The van der Waals surface area contributed by atoms with Gasteiger partial charge in [0.2, 0.25) is 70.9 Å². The van der Waals surface area contributed by atoms with Gasteiger partial charge in [-0.2, -0.15) is 13.2 Å². The van der Waals surface area contributed by atoms with E-state index >= 15 is 28.8 Å². The Morgan fingerprint density at radius 2 is 0.990 bits per heavy atom. The molecule has 0 aromatic heterocycles. The van der Waals surface area contributed by atoms with E-state index in [1.54, 1.807) is 67.5 Å². The lowest BCUT2D eigenvalue weighted by Crippen LogP contribution is -2.64. The van der Waals surface area contributed by atoms with Crippen molar-refractivity contribution in [3.05, 3.63) is 12.2 Å². The fourth-order valence-corrected chi connectivity index (χ4v) is 12.7. The minimum Gasteiger partial charge on any atom is -0.390 e. The molecule has 2 rings (SSSR count). The molecule has 2 aliphatic heterocycles. The summed E-state index contributed by atoms with van der Waals surface area (Å²) in [5.41, 5.74) is 0. The maximum atomic E-state index is 15.3. The number of carbonyl (C=O) groups is 12. The van der Waals surface area contributed by atoms with Gasteiger partial charge in [0.1, 0.15) is 73.1 Å². The lowest BCUT2D eigenvalue weighted by Gasteiger charge is -2.41. The topological polar surface area (TPSA) is 312 Å². The van der Waals surface area contributed by atoms with Crippen LogP contribution in [0.4, 0.5) is 13.2 Å². The Morgan fingerprint density at radius 3 is 1.47 bits per heavy atom. The van der Waals surface area contributed by atoms with Crippen molar-refractivity contribution in [2.75, 3.05) is 95.3 Å². The second-order valence-electron chi connectivity index (χ2n) is 29.5. The molecule has 5 N–H and O–H groups in total. The summed E-state index contributed by atoms with van der Waals surface area (Å²) in [6, 6.07) is -15.0. The predicted molar refractivity (Wildman–Crippen MR) is 373 cm³/mol. The molecule has 12 amide bonds. The fourth-order valence-electron chi connectivity index (χ4n) is 12.7. The van der Waals surface area contributed by atoms with Crippen molar-refractivity contribution in [2.24, 2.45) is 41.4 Å². The Hall–Kier alpha value is -6.95. The van der Waals surface area contributed by atoms with E-state index in [2.05, 4.69) is 21.3 Å². The highest BCUT2D eigenvalue weighted by Gasteiger charge is 2.47. The number of hydrogen-bond acceptors (Lipinski definition) is 15. The minimum atomic E-state index is -4.43. The largest absolute Gasteiger partial charge is 0.401 e. The molecule has 0 aliphatic carbocycles. The van der Waals surface area contributed by atoms with Crippen molar-refractivity contribution in [3.63, 3.8) is 0 Å². The zero-order chi connectivity index (χ0) is 77.0. The van der Waals surface area contributed by atoms with E-state index in [0.29, 0.717) is 0 Å². The smallest absolute Gasteiger partial charge is 0.390 e. The molecule has 572 valence electrons. The van der Waals surface area contributed by atoms with E-state index < -0.39 is 186 Å². The summed E-state index contributed by atoms with van der Waals surface area (Å²) >= 11 is 0. The number of carbonyl (C=O) groups excluding carboxylic acids is 12. The Morgan fingerprint density at radius 1 is 0.530 bits per heavy atom. The van der Waals surface area contributed by atoms with E-state index in [1.165, 1.54) is 94.6 Å². The van der Waals surface area contributed by atoms with Crippen LogP contribution in [-0.2, 0) is 62.3 Å². The van der Waals surface area contributed by atoms with Crippen LogP contribution in [0, 0.1) is 41.4 Å². The number of rotatable bonds is 19. The van der Waals surface area contributed by atoms with Gasteiger partial charge in [0.15, 0.2) is 0 Å². The summed E-state index contributed by atoms with van der Waals surface area (Å²) in [6.07, 6.45) is -2.02. The van der Waals surface area contributed by atoms with Gasteiger partial charge in [0.05, 0.1) is 19.3 Å². The van der Waals surface area contributed by atoms with Crippen molar-refractivity contribution < 1.29 is 80.5 Å². The molecule has 2 aliphatic rings. The number of aliphatic hydroxyl groups excluding tert-OH is 1. The third kappa shape index (κ3) is 24.9. The van der Waals surface area contributed by atoms with Gasteiger partial charge in [0.25, 0.3) is 0 Å². The quantitative estimate of drug-likeness (QED) is 0.116. The van der Waals surface area contributed by atoms with E-state index in [0.717, 1.165) is 19.6 Å². The molecule has 0 saturated carbocycles. The Balaban J connectivity index is 3.01. The first-order valence-corrected chi connectivity index (χ1v) is 35.2. The van der Waals surface area contributed by atoms with Gasteiger partial charge in [-0.25, -0.2) is 0 Å². The van der Waals surface area contributed by atoms with E-state index in [9.17, 15) is 47.0 Å². The average molecular weight is 1430 g/mol. The molecule has 2 heterocycles. The number of aliphatic hydroxyl groups is 1. The first kappa shape index (κ1) is 89.1. The van der Waals surface area contributed by atoms with Gasteiger partial charge in [-0.1, -0.05) is 102 Å². The van der Waals surface area contributed by atoms with Crippen LogP contribution in [0.25, 0.3) is 0 Å². The van der Waals surface area contributed by atoms with E-state index in [1.807, 2.05) is 41.5 Å². The number of allylic oxidation sites excluding steroid dienone is 2. The molecule has 0 aromatic carbocycles. The Bertz CT molecular complexity index is 2820. The summed E-state index contributed by atoms with van der Waals surface area (Å²) in [5, 5.41) is 23.1. The summed E-state index contributed by atoms with van der Waals surface area (Å²) in [6.45, 7) is 26.3. The molecule has 14 unspecified atom stereocenters. The van der Waals surface area contributed by atoms with Crippen LogP contribution in [0.2, 0.25) is 0 Å². The number of piperazine rings is 1. The molecule has 0 bridgehead atoms. The zero-order valence-corrected chi connectivity index (χ0v) is 64.0. The molecule has 0 spiro atoms. The van der Waals surface area contributed by atoms with Crippen LogP contribution in [0.3, 0.4) is 0 Å². The van der Waals surface area contributed by atoms with Gasteiger partial charge < -0.3 is 70.3 Å². The van der Waals surface area contributed by atoms with Gasteiger partial charge in [-0.05, 0) is 95.3 Å². The second-order valence-corrected chi connectivity index (χ2v) is 29.5. The molecular formula is C70H122F3N13O14.